The number of aliphatic imine (C=N–C) groups is 1. The molecule has 2 heterocycles. The molecule has 1 saturated heterocycles. The van der Waals surface area contributed by atoms with Gasteiger partial charge in [-0.25, -0.2) is 0 Å². The highest BCUT2D eigenvalue weighted by Crippen LogP contribution is 2.28. The molecule has 0 spiro atoms. The second kappa shape index (κ2) is 13.5. The van der Waals surface area contributed by atoms with Crippen molar-refractivity contribution in [2.75, 3.05) is 59.2 Å². The van der Waals surface area contributed by atoms with E-state index in [0.717, 1.165) is 82.4 Å². The molecule has 0 aromatic carbocycles. The van der Waals surface area contributed by atoms with Crippen LogP contribution in [0, 0.1) is 12.8 Å². The lowest BCUT2D eigenvalue weighted by molar-refractivity contribution is 0.0135. The molecule has 3 rings (SSSR count). The number of ether oxygens (including phenoxy) is 2. The van der Waals surface area contributed by atoms with Gasteiger partial charge in [0.15, 0.2) is 5.96 Å². The van der Waals surface area contributed by atoms with Gasteiger partial charge in [-0.3, -0.25) is 9.89 Å². The molecule has 0 amide bonds. The van der Waals surface area contributed by atoms with Gasteiger partial charge in [0.2, 0.25) is 0 Å². The molecule has 1 saturated carbocycles. The predicted molar refractivity (Wildman–Crippen MR) is 126 cm³/mol. The maximum absolute atomic E-state index is 5.93. The lowest BCUT2D eigenvalue weighted by Gasteiger charge is -2.32. The molecule has 1 aromatic heterocycles. The minimum Gasteiger partial charge on any atom is -0.465 e. The van der Waals surface area contributed by atoms with E-state index in [1.807, 2.05) is 13.0 Å². The third-order valence-electron chi connectivity index (χ3n) is 5.15. The quantitative estimate of drug-likeness (QED) is 0.203. The van der Waals surface area contributed by atoms with Crippen LogP contribution in [-0.4, -0.2) is 70.0 Å². The summed E-state index contributed by atoms with van der Waals surface area (Å²) >= 11 is 0. The van der Waals surface area contributed by atoms with Crippen molar-refractivity contribution in [3.63, 3.8) is 0 Å². The van der Waals surface area contributed by atoms with Crippen LogP contribution in [0.25, 0.3) is 0 Å². The van der Waals surface area contributed by atoms with E-state index in [4.69, 9.17) is 18.9 Å². The second-order valence-electron chi connectivity index (χ2n) is 7.63. The third kappa shape index (κ3) is 8.82. The molecule has 2 N–H and O–H groups in total. The highest BCUT2D eigenvalue weighted by atomic mass is 127. The molecular formula is C21H37IN4O3. The number of hydrogen-bond donors (Lipinski definition) is 2. The molecule has 1 aliphatic heterocycles. The minimum absolute atomic E-state index is 0. The van der Waals surface area contributed by atoms with Crippen LogP contribution >= 0.6 is 24.0 Å². The van der Waals surface area contributed by atoms with Crippen molar-refractivity contribution in [1.29, 1.82) is 0 Å². The van der Waals surface area contributed by atoms with E-state index in [1.54, 1.807) is 0 Å². The topological polar surface area (TPSA) is 71.3 Å². The zero-order valence-corrected chi connectivity index (χ0v) is 20.2. The largest absolute Gasteiger partial charge is 0.465 e. The van der Waals surface area contributed by atoms with E-state index in [9.17, 15) is 0 Å². The Morgan fingerprint density at radius 3 is 2.72 bits per heavy atom. The summed E-state index contributed by atoms with van der Waals surface area (Å²) in [5.74, 6) is 3.60. The van der Waals surface area contributed by atoms with Crippen molar-refractivity contribution in [1.82, 2.24) is 15.5 Å². The maximum Gasteiger partial charge on any atom is 0.191 e. The van der Waals surface area contributed by atoms with Gasteiger partial charge in [0, 0.05) is 39.4 Å². The fourth-order valence-corrected chi connectivity index (χ4v) is 3.34. The van der Waals surface area contributed by atoms with Crippen LogP contribution in [0.1, 0.15) is 43.7 Å². The van der Waals surface area contributed by atoms with Gasteiger partial charge in [0.1, 0.15) is 11.5 Å². The van der Waals surface area contributed by atoms with E-state index >= 15 is 0 Å². The first-order valence-electron chi connectivity index (χ1n) is 10.7. The molecule has 7 nitrogen and oxygen atoms in total. The lowest BCUT2D eigenvalue weighted by atomic mass is 10.1. The van der Waals surface area contributed by atoms with Gasteiger partial charge in [0.25, 0.3) is 0 Å². The van der Waals surface area contributed by atoms with Crippen molar-refractivity contribution in [3.8, 4) is 0 Å². The Labute approximate surface area is 192 Å². The fourth-order valence-electron chi connectivity index (χ4n) is 3.34. The van der Waals surface area contributed by atoms with Gasteiger partial charge in [-0.2, -0.15) is 0 Å². The number of morpholine rings is 1. The van der Waals surface area contributed by atoms with E-state index in [-0.39, 0.29) is 30.0 Å². The smallest absolute Gasteiger partial charge is 0.191 e. The Morgan fingerprint density at radius 2 is 2.07 bits per heavy atom. The first-order valence-corrected chi connectivity index (χ1v) is 10.7. The molecule has 0 bridgehead atoms. The summed E-state index contributed by atoms with van der Waals surface area (Å²) in [4.78, 5) is 7.25. The van der Waals surface area contributed by atoms with E-state index in [2.05, 4.69) is 28.5 Å². The van der Waals surface area contributed by atoms with Crippen molar-refractivity contribution in [2.45, 2.75) is 39.2 Å². The Kier molecular flexibility index (Phi) is 11.3. The summed E-state index contributed by atoms with van der Waals surface area (Å²) < 4.78 is 17.2. The number of guanidine groups is 1. The van der Waals surface area contributed by atoms with Crippen molar-refractivity contribution >= 4 is 29.9 Å². The zero-order chi connectivity index (χ0) is 19.6. The van der Waals surface area contributed by atoms with Crippen LogP contribution in [-0.2, 0) is 9.47 Å². The summed E-state index contributed by atoms with van der Waals surface area (Å²) in [6.07, 6.45) is 3.67. The Morgan fingerprint density at radius 1 is 1.28 bits per heavy atom. The number of furan rings is 1. The average molecular weight is 520 g/mol. The number of halogens is 1. The summed E-state index contributed by atoms with van der Waals surface area (Å²) in [5, 5.41) is 6.77. The van der Waals surface area contributed by atoms with Crippen LogP contribution in [0.5, 0.6) is 0 Å². The first-order chi connectivity index (χ1) is 13.8. The van der Waals surface area contributed by atoms with Gasteiger partial charge in [0.05, 0.1) is 25.8 Å². The van der Waals surface area contributed by atoms with Gasteiger partial charge in [-0.05, 0) is 51.2 Å². The number of rotatable bonds is 11. The van der Waals surface area contributed by atoms with Gasteiger partial charge in [-0.15, -0.1) is 24.0 Å². The fraction of sp³-hybridized carbons (Fsp3) is 0.762. The molecular weight excluding hydrogens is 483 g/mol. The Balaban J connectivity index is 0.00000300. The van der Waals surface area contributed by atoms with Crippen LogP contribution in [0.15, 0.2) is 21.5 Å². The van der Waals surface area contributed by atoms with Crippen molar-refractivity contribution in [3.05, 3.63) is 23.7 Å². The highest BCUT2D eigenvalue weighted by Gasteiger charge is 2.25. The summed E-state index contributed by atoms with van der Waals surface area (Å²) in [7, 11) is 0. The number of nitrogens with one attached hydrogen (secondary N) is 2. The van der Waals surface area contributed by atoms with Crippen LogP contribution in [0.4, 0.5) is 0 Å². The highest BCUT2D eigenvalue weighted by molar-refractivity contribution is 14.0. The minimum atomic E-state index is 0. The van der Waals surface area contributed by atoms with Crippen molar-refractivity contribution < 1.29 is 13.9 Å². The van der Waals surface area contributed by atoms with E-state index in [0.29, 0.717) is 6.54 Å². The molecule has 8 heteroatoms. The molecule has 1 atom stereocenters. The summed E-state index contributed by atoms with van der Waals surface area (Å²) in [5.41, 5.74) is 0. The molecule has 1 unspecified atom stereocenters. The third-order valence-corrected chi connectivity index (χ3v) is 5.15. The second-order valence-corrected chi connectivity index (χ2v) is 7.63. The number of aryl methyl sites for hydroxylation is 1. The summed E-state index contributed by atoms with van der Waals surface area (Å²) in [6, 6.07) is 4.23. The molecule has 166 valence electrons. The van der Waals surface area contributed by atoms with E-state index < -0.39 is 0 Å². The molecule has 1 aliphatic carbocycles. The normalized spacial score (nSPS) is 18.9. The first kappa shape index (κ1) is 24.4. The van der Waals surface area contributed by atoms with Crippen LogP contribution in [0.2, 0.25) is 0 Å². The molecule has 1 aromatic rings. The molecule has 2 aliphatic rings. The standard InChI is InChI=1S/C21H36N4O3.HI/c1-3-22-21(23-9-4-12-27-16-18-6-7-18)24-15-19(20-8-5-17(2)28-20)25-10-13-26-14-11-25;/h5,8,18-19H,3-4,6-7,9-16H2,1-2H3,(H2,22,23,24);1H. The van der Waals surface area contributed by atoms with E-state index in [1.165, 1.54) is 12.8 Å². The lowest BCUT2D eigenvalue weighted by Crippen LogP contribution is -2.42. The average Bonchev–Trinajstić information content (AvgIpc) is 3.44. The summed E-state index contributed by atoms with van der Waals surface area (Å²) in [6.45, 7) is 11.5. The Hall–Kier alpha value is -0.840. The number of nitrogens with zero attached hydrogens (tertiary/aromatic N) is 2. The molecule has 2 fully saturated rings. The Bertz CT molecular complexity index is 601. The SMILES string of the molecule is CCNC(=NCC(c1ccc(C)o1)N1CCOCC1)NCCCOCC1CC1.I. The van der Waals surface area contributed by atoms with Gasteiger partial charge < -0.3 is 24.5 Å². The van der Waals surface area contributed by atoms with Gasteiger partial charge in [-0.1, -0.05) is 0 Å². The van der Waals surface area contributed by atoms with Crippen LogP contribution in [0.3, 0.4) is 0 Å². The molecule has 29 heavy (non-hydrogen) atoms. The predicted octanol–water partition coefficient (Wildman–Crippen LogP) is 2.95. The zero-order valence-electron chi connectivity index (χ0n) is 17.8. The van der Waals surface area contributed by atoms with Crippen LogP contribution < -0.4 is 10.6 Å². The monoisotopic (exact) mass is 520 g/mol. The number of hydrogen-bond acceptors (Lipinski definition) is 5. The van der Waals surface area contributed by atoms with Crippen molar-refractivity contribution in [2.24, 2.45) is 10.9 Å². The molecule has 0 radical (unpaired) electrons. The van der Waals surface area contributed by atoms with Gasteiger partial charge >= 0.3 is 0 Å². The maximum atomic E-state index is 5.93.